The smallest absolute Gasteiger partial charge is 0.143 e. The summed E-state index contributed by atoms with van der Waals surface area (Å²) < 4.78 is 2.30. The normalized spacial score (nSPS) is 13.3. The third-order valence-electron chi connectivity index (χ3n) is 3.23. The zero-order valence-electron chi connectivity index (χ0n) is 9.13. The van der Waals surface area contributed by atoms with E-state index in [1.807, 2.05) is 0 Å². The number of benzene rings is 2. The minimum atomic E-state index is 0.226. The summed E-state index contributed by atoms with van der Waals surface area (Å²) in [5, 5.41) is 0. The summed E-state index contributed by atoms with van der Waals surface area (Å²) in [5.41, 5.74) is 5.69. The molecule has 0 saturated heterocycles. The van der Waals surface area contributed by atoms with Gasteiger partial charge in [0.15, 0.2) is 0 Å². The van der Waals surface area contributed by atoms with Crippen LogP contribution in [-0.2, 0) is 0 Å². The molecule has 0 nitrogen and oxygen atoms in total. The van der Waals surface area contributed by atoms with Crippen LogP contribution in [0, 0.1) is 0 Å². The number of halogens is 4. The van der Waals surface area contributed by atoms with Crippen LogP contribution in [-0.4, -0.2) is 11.1 Å². The quantitative estimate of drug-likeness (QED) is 0.497. The molecule has 3 rings (SSSR count). The van der Waals surface area contributed by atoms with Crippen LogP contribution in [0.15, 0.2) is 45.3 Å². The summed E-state index contributed by atoms with van der Waals surface area (Å²) >= 11 is 15.0. The Morgan fingerprint density at radius 3 is 1.44 bits per heavy atom. The Hall–Kier alpha value is 0.490. The van der Waals surface area contributed by atoms with Gasteiger partial charge in [-0.25, -0.2) is 0 Å². The van der Waals surface area contributed by atoms with Crippen LogP contribution >= 0.6 is 63.4 Å². The molecule has 0 radical (unpaired) electrons. The first-order chi connectivity index (χ1) is 8.61. The molecule has 0 bridgehead atoms. The molecule has 1 heterocycles. The fourth-order valence-electron chi connectivity index (χ4n) is 2.40. The number of fused-ring (bicyclic) bond motifs is 2. The van der Waals surface area contributed by atoms with Gasteiger partial charge >= 0.3 is 0 Å². The average molecular weight is 491 g/mol. The van der Waals surface area contributed by atoms with Crippen molar-refractivity contribution in [3.63, 3.8) is 0 Å². The van der Waals surface area contributed by atoms with Gasteiger partial charge in [0.1, 0.15) is 0 Å². The largest absolute Gasteiger partial charge is 0.287 e. The molecule has 0 saturated carbocycles. The zero-order valence-corrected chi connectivity index (χ0v) is 15.5. The van der Waals surface area contributed by atoms with E-state index in [9.17, 15) is 0 Å². The second kappa shape index (κ2) is 5.12. The molecular formula is C12H6B2Br4. The molecule has 0 N–H and O–H groups in total. The molecule has 1 aliphatic heterocycles. The fraction of sp³-hybridized carbons (Fsp3) is 0. The Labute approximate surface area is 140 Å². The maximum Gasteiger partial charge on any atom is 0.287 e. The van der Waals surface area contributed by atoms with Gasteiger partial charge in [0.25, 0.3) is 11.1 Å². The third-order valence-corrected chi connectivity index (χ3v) is 6.51. The SMILES string of the molecule is BrB1c2cccc(Br)c2B(Br)c2cccc(Br)c21. The van der Waals surface area contributed by atoms with Gasteiger partial charge in [0, 0.05) is 8.95 Å². The summed E-state index contributed by atoms with van der Waals surface area (Å²) in [4.78, 5) is 0. The van der Waals surface area contributed by atoms with E-state index in [0.717, 1.165) is 8.95 Å². The Morgan fingerprint density at radius 1 is 0.667 bits per heavy atom. The second-order valence-corrected chi connectivity index (χ2v) is 7.75. The Kier molecular flexibility index (Phi) is 3.83. The summed E-state index contributed by atoms with van der Waals surface area (Å²) in [6.45, 7) is 0. The highest BCUT2D eigenvalue weighted by atomic mass is 79.9. The first-order valence-electron chi connectivity index (χ1n) is 5.46. The predicted octanol–water partition coefficient (Wildman–Crippen LogP) is 2.53. The van der Waals surface area contributed by atoms with Crippen LogP contribution in [0.2, 0.25) is 0 Å². The van der Waals surface area contributed by atoms with E-state index >= 15 is 0 Å². The minimum absolute atomic E-state index is 0.226. The summed E-state index contributed by atoms with van der Waals surface area (Å²) in [7, 11) is 0. The van der Waals surface area contributed by atoms with E-state index in [2.05, 4.69) is 99.8 Å². The van der Waals surface area contributed by atoms with Crippen molar-refractivity contribution in [1.29, 1.82) is 0 Å². The minimum Gasteiger partial charge on any atom is -0.143 e. The van der Waals surface area contributed by atoms with Gasteiger partial charge < -0.3 is 0 Å². The molecule has 6 heteroatoms. The molecule has 2 aromatic carbocycles. The first-order valence-corrected chi connectivity index (χ1v) is 8.87. The van der Waals surface area contributed by atoms with Gasteiger partial charge in [-0.2, -0.15) is 0 Å². The van der Waals surface area contributed by atoms with Crippen molar-refractivity contribution in [1.82, 2.24) is 0 Å². The van der Waals surface area contributed by atoms with Gasteiger partial charge in [-0.05, 0) is 12.1 Å². The van der Waals surface area contributed by atoms with Crippen LogP contribution in [0.1, 0.15) is 0 Å². The average Bonchev–Trinajstić information content (AvgIpc) is 2.35. The van der Waals surface area contributed by atoms with Gasteiger partial charge in [-0.1, -0.05) is 78.0 Å². The van der Waals surface area contributed by atoms with Gasteiger partial charge in [-0.3, -0.25) is 0 Å². The molecule has 18 heavy (non-hydrogen) atoms. The third kappa shape index (κ3) is 2.00. The molecule has 2 aromatic rings. The maximum atomic E-state index is 3.83. The van der Waals surface area contributed by atoms with E-state index in [4.69, 9.17) is 0 Å². The molecular weight excluding hydrogens is 485 g/mol. The lowest BCUT2D eigenvalue weighted by molar-refractivity contribution is 1.71. The first kappa shape index (κ1) is 13.5. The van der Waals surface area contributed by atoms with E-state index < -0.39 is 0 Å². The second-order valence-electron chi connectivity index (χ2n) is 4.21. The Balaban J connectivity index is 2.32. The molecule has 1 aliphatic rings. The Morgan fingerprint density at radius 2 is 1.06 bits per heavy atom. The molecule has 0 aliphatic carbocycles. The van der Waals surface area contributed by atoms with Crippen LogP contribution in [0.5, 0.6) is 0 Å². The van der Waals surface area contributed by atoms with Gasteiger partial charge in [0.05, 0.1) is 0 Å². The van der Waals surface area contributed by atoms with Crippen molar-refractivity contribution < 1.29 is 0 Å². The molecule has 0 fully saturated rings. The lowest BCUT2D eigenvalue weighted by Crippen LogP contribution is -2.65. The van der Waals surface area contributed by atoms with Crippen molar-refractivity contribution in [2.75, 3.05) is 0 Å². The van der Waals surface area contributed by atoms with Crippen molar-refractivity contribution in [2.24, 2.45) is 0 Å². The van der Waals surface area contributed by atoms with Crippen molar-refractivity contribution >= 4 is 96.3 Å². The predicted molar refractivity (Wildman–Crippen MR) is 96.2 cm³/mol. The lowest BCUT2D eigenvalue weighted by Gasteiger charge is -2.27. The maximum absolute atomic E-state index is 3.83. The lowest BCUT2D eigenvalue weighted by atomic mass is 9.43. The number of hydrogen-bond acceptors (Lipinski definition) is 0. The highest BCUT2D eigenvalue weighted by Gasteiger charge is 2.36. The van der Waals surface area contributed by atoms with Crippen molar-refractivity contribution in [3.8, 4) is 0 Å². The van der Waals surface area contributed by atoms with Crippen LogP contribution in [0.25, 0.3) is 0 Å². The van der Waals surface area contributed by atoms with Gasteiger partial charge in [0.2, 0.25) is 0 Å². The fourth-order valence-corrected chi connectivity index (χ4v) is 6.05. The molecule has 0 amide bonds. The highest BCUT2D eigenvalue weighted by molar-refractivity contribution is 9.26. The molecule has 0 aromatic heterocycles. The molecule has 0 spiro atoms. The molecule has 0 unspecified atom stereocenters. The number of hydrogen-bond donors (Lipinski definition) is 0. The van der Waals surface area contributed by atoms with Crippen LogP contribution in [0.4, 0.5) is 0 Å². The monoisotopic (exact) mass is 488 g/mol. The summed E-state index contributed by atoms with van der Waals surface area (Å²) in [5.74, 6) is 0. The van der Waals surface area contributed by atoms with Crippen molar-refractivity contribution in [3.05, 3.63) is 45.3 Å². The molecule has 0 atom stereocenters. The topological polar surface area (TPSA) is 0 Å². The van der Waals surface area contributed by atoms with Crippen molar-refractivity contribution in [2.45, 2.75) is 0 Å². The van der Waals surface area contributed by atoms with Crippen LogP contribution in [0.3, 0.4) is 0 Å². The zero-order chi connectivity index (χ0) is 12.9. The summed E-state index contributed by atoms with van der Waals surface area (Å²) in [6, 6.07) is 12.7. The highest BCUT2D eigenvalue weighted by Crippen LogP contribution is 2.17. The van der Waals surface area contributed by atoms with E-state index in [-0.39, 0.29) is 11.1 Å². The number of rotatable bonds is 0. The van der Waals surface area contributed by atoms with Crippen LogP contribution < -0.4 is 21.9 Å². The van der Waals surface area contributed by atoms with E-state index in [1.54, 1.807) is 0 Å². The van der Waals surface area contributed by atoms with E-state index in [0.29, 0.717) is 0 Å². The Bertz CT molecular complexity index is 574. The summed E-state index contributed by atoms with van der Waals surface area (Å²) in [6.07, 6.45) is 0. The molecule has 88 valence electrons. The standard InChI is InChI=1S/C12H6B2Br4/c15-9-5-1-3-7-11(9)14(18)8-4-2-6-10(16)12(8)13(7)17/h1-6H. The van der Waals surface area contributed by atoms with Gasteiger partial charge in [-0.15, -0.1) is 31.5 Å². The van der Waals surface area contributed by atoms with E-state index in [1.165, 1.54) is 21.9 Å².